The van der Waals surface area contributed by atoms with E-state index >= 15 is 0 Å². The zero-order valence-corrected chi connectivity index (χ0v) is 9.66. The molecule has 0 amide bonds. The summed E-state index contributed by atoms with van der Waals surface area (Å²) in [5.74, 6) is 0.898. The molecule has 14 heavy (non-hydrogen) atoms. The van der Waals surface area contributed by atoms with Gasteiger partial charge in [0.1, 0.15) is 5.75 Å². The highest BCUT2D eigenvalue weighted by Gasteiger charge is 2.19. The van der Waals surface area contributed by atoms with E-state index in [-0.39, 0.29) is 11.5 Å². The van der Waals surface area contributed by atoms with Crippen molar-refractivity contribution in [2.75, 3.05) is 0 Å². The van der Waals surface area contributed by atoms with Gasteiger partial charge in [-0.3, -0.25) is 4.98 Å². The first-order chi connectivity index (χ1) is 6.41. The third kappa shape index (κ3) is 2.72. The Balaban J connectivity index is 3.04. The van der Waals surface area contributed by atoms with Gasteiger partial charge in [0, 0.05) is 11.8 Å². The highest BCUT2D eigenvalue weighted by molar-refractivity contribution is 5.35. The van der Waals surface area contributed by atoms with Gasteiger partial charge in [-0.05, 0) is 25.3 Å². The number of aromatic nitrogens is 1. The van der Waals surface area contributed by atoms with Crippen LogP contribution in [0.3, 0.4) is 0 Å². The van der Waals surface area contributed by atoms with Crippen molar-refractivity contribution in [3.8, 4) is 5.75 Å². The van der Waals surface area contributed by atoms with Crippen LogP contribution in [0.4, 0.5) is 0 Å². The number of ether oxygens (including phenoxy) is 1. The van der Waals surface area contributed by atoms with Gasteiger partial charge < -0.3 is 4.74 Å². The maximum Gasteiger partial charge on any atom is 0.141 e. The van der Waals surface area contributed by atoms with Crippen molar-refractivity contribution < 1.29 is 4.74 Å². The molecule has 0 saturated heterocycles. The van der Waals surface area contributed by atoms with Gasteiger partial charge in [0.15, 0.2) is 0 Å². The summed E-state index contributed by atoms with van der Waals surface area (Å²) < 4.78 is 5.71. The molecule has 0 fully saturated rings. The molecule has 1 aromatic rings. The van der Waals surface area contributed by atoms with Crippen molar-refractivity contribution in [3.63, 3.8) is 0 Å². The van der Waals surface area contributed by atoms with E-state index in [1.54, 1.807) is 6.20 Å². The zero-order valence-electron chi connectivity index (χ0n) is 9.66. The average molecular weight is 193 g/mol. The highest BCUT2D eigenvalue weighted by atomic mass is 16.5. The number of hydrogen-bond acceptors (Lipinski definition) is 2. The highest BCUT2D eigenvalue weighted by Crippen LogP contribution is 2.30. The van der Waals surface area contributed by atoms with Crippen molar-refractivity contribution in [2.24, 2.45) is 0 Å². The third-order valence-corrected chi connectivity index (χ3v) is 1.96. The lowest BCUT2D eigenvalue weighted by molar-refractivity contribution is 0.235. The van der Waals surface area contributed by atoms with Crippen LogP contribution < -0.4 is 4.74 Å². The summed E-state index contributed by atoms with van der Waals surface area (Å²) in [5.41, 5.74) is 1.31. The van der Waals surface area contributed by atoms with E-state index in [4.69, 9.17) is 4.74 Å². The summed E-state index contributed by atoms with van der Waals surface area (Å²) in [6, 6.07) is 2.03. The number of nitrogens with zero attached hydrogens (tertiary/aromatic N) is 1. The maximum atomic E-state index is 5.71. The average Bonchev–Trinajstić information content (AvgIpc) is 2.01. The standard InChI is InChI=1S/C12H19NO/c1-9(2)14-11-8-13-7-6-10(11)12(3,4)5/h6-9H,1-5H3. The minimum absolute atomic E-state index is 0.104. The van der Waals surface area contributed by atoms with Crippen LogP contribution in [-0.4, -0.2) is 11.1 Å². The molecule has 0 aliphatic rings. The fourth-order valence-corrected chi connectivity index (χ4v) is 1.35. The first kappa shape index (κ1) is 11.0. The van der Waals surface area contributed by atoms with Crippen LogP contribution in [0.2, 0.25) is 0 Å². The zero-order chi connectivity index (χ0) is 10.8. The van der Waals surface area contributed by atoms with Gasteiger partial charge in [0.25, 0.3) is 0 Å². The molecule has 1 heterocycles. The first-order valence-electron chi connectivity index (χ1n) is 5.02. The monoisotopic (exact) mass is 193 g/mol. The lowest BCUT2D eigenvalue weighted by atomic mass is 9.87. The largest absolute Gasteiger partial charge is 0.489 e. The summed E-state index contributed by atoms with van der Waals surface area (Å²) in [4.78, 5) is 4.09. The predicted octanol–water partition coefficient (Wildman–Crippen LogP) is 3.17. The lowest BCUT2D eigenvalue weighted by Gasteiger charge is -2.23. The molecule has 0 aromatic carbocycles. The lowest BCUT2D eigenvalue weighted by Crippen LogP contribution is -2.16. The molecular weight excluding hydrogens is 174 g/mol. The molecule has 0 N–H and O–H groups in total. The number of pyridine rings is 1. The quantitative estimate of drug-likeness (QED) is 0.719. The predicted molar refractivity (Wildman–Crippen MR) is 58.7 cm³/mol. The second kappa shape index (κ2) is 3.99. The molecule has 78 valence electrons. The van der Waals surface area contributed by atoms with Crippen LogP contribution >= 0.6 is 0 Å². The summed E-state index contributed by atoms with van der Waals surface area (Å²) >= 11 is 0. The SMILES string of the molecule is CC(C)Oc1cnccc1C(C)(C)C. The van der Waals surface area contributed by atoms with Gasteiger partial charge in [-0.1, -0.05) is 20.8 Å². The Kier molecular flexibility index (Phi) is 3.14. The fraction of sp³-hybridized carbons (Fsp3) is 0.583. The Morgan fingerprint density at radius 3 is 2.43 bits per heavy atom. The van der Waals surface area contributed by atoms with Crippen LogP contribution in [0.15, 0.2) is 18.5 Å². The normalized spacial score (nSPS) is 11.9. The van der Waals surface area contributed by atoms with Crippen LogP contribution in [0.1, 0.15) is 40.2 Å². The van der Waals surface area contributed by atoms with E-state index in [0.717, 1.165) is 5.75 Å². The summed E-state index contributed by atoms with van der Waals surface area (Å²) in [6.07, 6.45) is 3.80. The molecular formula is C12H19NO. The molecule has 0 unspecified atom stereocenters. The molecule has 0 spiro atoms. The fourth-order valence-electron chi connectivity index (χ4n) is 1.35. The number of hydrogen-bond donors (Lipinski definition) is 0. The Morgan fingerprint density at radius 2 is 1.93 bits per heavy atom. The molecule has 0 saturated carbocycles. The van der Waals surface area contributed by atoms with Crippen LogP contribution in [0.5, 0.6) is 5.75 Å². The van der Waals surface area contributed by atoms with E-state index < -0.39 is 0 Å². The molecule has 0 aliphatic heterocycles. The van der Waals surface area contributed by atoms with Crippen LogP contribution in [0, 0.1) is 0 Å². The van der Waals surface area contributed by atoms with Crippen molar-refractivity contribution in [2.45, 2.75) is 46.1 Å². The van der Waals surface area contributed by atoms with Gasteiger partial charge in [-0.2, -0.15) is 0 Å². The molecule has 0 radical (unpaired) electrons. The van der Waals surface area contributed by atoms with E-state index in [1.165, 1.54) is 5.56 Å². The molecule has 0 bridgehead atoms. The van der Waals surface area contributed by atoms with E-state index in [2.05, 4.69) is 25.8 Å². The van der Waals surface area contributed by atoms with E-state index in [9.17, 15) is 0 Å². The molecule has 1 rings (SSSR count). The van der Waals surface area contributed by atoms with Crippen molar-refractivity contribution in [1.82, 2.24) is 4.98 Å². The van der Waals surface area contributed by atoms with E-state index in [0.29, 0.717) is 0 Å². The van der Waals surface area contributed by atoms with Crippen LogP contribution in [0.25, 0.3) is 0 Å². The number of rotatable bonds is 2. The minimum atomic E-state index is 0.104. The Morgan fingerprint density at radius 1 is 1.29 bits per heavy atom. The molecule has 2 nitrogen and oxygen atoms in total. The molecule has 0 atom stereocenters. The summed E-state index contributed by atoms with van der Waals surface area (Å²) in [6.45, 7) is 10.6. The summed E-state index contributed by atoms with van der Waals surface area (Å²) in [5, 5.41) is 0. The van der Waals surface area contributed by atoms with Gasteiger partial charge >= 0.3 is 0 Å². The van der Waals surface area contributed by atoms with Gasteiger partial charge in [-0.25, -0.2) is 0 Å². The third-order valence-electron chi connectivity index (χ3n) is 1.96. The second-order valence-electron chi connectivity index (χ2n) is 4.79. The summed E-state index contributed by atoms with van der Waals surface area (Å²) in [7, 11) is 0. The van der Waals surface area contributed by atoms with Crippen LogP contribution in [-0.2, 0) is 5.41 Å². The maximum absolute atomic E-state index is 5.71. The second-order valence-corrected chi connectivity index (χ2v) is 4.79. The van der Waals surface area contributed by atoms with E-state index in [1.807, 2.05) is 26.1 Å². The molecule has 1 aromatic heterocycles. The van der Waals surface area contributed by atoms with Crippen molar-refractivity contribution in [3.05, 3.63) is 24.0 Å². The van der Waals surface area contributed by atoms with Gasteiger partial charge in [0.05, 0.1) is 12.3 Å². The smallest absolute Gasteiger partial charge is 0.141 e. The Labute approximate surface area is 86.3 Å². The van der Waals surface area contributed by atoms with Gasteiger partial charge in [0.2, 0.25) is 0 Å². The molecule has 2 heteroatoms. The van der Waals surface area contributed by atoms with Crippen molar-refractivity contribution >= 4 is 0 Å². The Bertz CT molecular complexity index is 299. The Hall–Kier alpha value is -1.05. The van der Waals surface area contributed by atoms with Gasteiger partial charge in [-0.15, -0.1) is 0 Å². The minimum Gasteiger partial charge on any atom is -0.489 e. The first-order valence-corrected chi connectivity index (χ1v) is 5.02. The topological polar surface area (TPSA) is 22.1 Å². The molecule has 0 aliphatic carbocycles. The van der Waals surface area contributed by atoms with Crippen molar-refractivity contribution in [1.29, 1.82) is 0 Å².